The summed E-state index contributed by atoms with van der Waals surface area (Å²) in [7, 11) is 0. The zero-order valence-electron chi connectivity index (χ0n) is 10.6. The molecule has 1 aliphatic rings. The molecule has 1 aromatic carbocycles. The molecule has 1 aromatic rings. The van der Waals surface area contributed by atoms with Gasteiger partial charge in [-0.05, 0) is 25.0 Å². The number of anilines is 1. The summed E-state index contributed by atoms with van der Waals surface area (Å²) in [4.78, 5) is 2.36. The summed E-state index contributed by atoms with van der Waals surface area (Å²) in [5.41, 5.74) is 7.33. The number of nitrogens with zero attached hydrogens (tertiary/aromatic N) is 1. The number of benzene rings is 1. The Kier molecular flexibility index (Phi) is 4.26. The lowest BCUT2D eigenvalue weighted by molar-refractivity contribution is 0.322. The van der Waals surface area contributed by atoms with Crippen LogP contribution in [0.5, 0.6) is 5.75 Å². The maximum Gasteiger partial charge on any atom is 0.142 e. The SMILES string of the molecule is CCCC(N)CN1CCCOc2ccccc21. The molecule has 1 atom stereocenters. The van der Waals surface area contributed by atoms with E-state index < -0.39 is 0 Å². The lowest BCUT2D eigenvalue weighted by Crippen LogP contribution is -2.37. The van der Waals surface area contributed by atoms with Gasteiger partial charge in [0.05, 0.1) is 12.3 Å². The first-order valence-electron chi connectivity index (χ1n) is 6.53. The molecule has 3 heteroatoms. The molecule has 0 saturated heterocycles. The van der Waals surface area contributed by atoms with E-state index in [9.17, 15) is 0 Å². The fourth-order valence-electron chi connectivity index (χ4n) is 2.33. The van der Waals surface area contributed by atoms with Gasteiger partial charge in [0.25, 0.3) is 0 Å². The van der Waals surface area contributed by atoms with Gasteiger partial charge in [-0.25, -0.2) is 0 Å². The third kappa shape index (κ3) is 3.13. The van der Waals surface area contributed by atoms with Gasteiger partial charge in [0, 0.05) is 19.1 Å². The Morgan fingerprint density at radius 3 is 3.06 bits per heavy atom. The molecule has 0 fully saturated rings. The van der Waals surface area contributed by atoms with Crippen molar-refractivity contribution in [2.24, 2.45) is 5.73 Å². The maximum atomic E-state index is 6.14. The molecule has 94 valence electrons. The van der Waals surface area contributed by atoms with E-state index in [1.807, 2.05) is 12.1 Å². The van der Waals surface area contributed by atoms with Gasteiger partial charge in [-0.2, -0.15) is 0 Å². The van der Waals surface area contributed by atoms with Gasteiger partial charge in [-0.15, -0.1) is 0 Å². The van der Waals surface area contributed by atoms with Gasteiger partial charge in [-0.1, -0.05) is 25.5 Å². The number of para-hydroxylation sites is 2. The Labute approximate surface area is 104 Å². The van der Waals surface area contributed by atoms with Crippen molar-refractivity contribution in [2.75, 3.05) is 24.6 Å². The average Bonchev–Trinajstić information content (AvgIpc) is 2.53. The zero-order chi connectivity index (χ0) is 12.1. The Bertz CT molecular complexity index is 354. The topological polar surface area (TPSA) is 38.5 Å². The van der Waals surface area contributed by atoms with Crippen molar-refractivity contribution in [3.8, 4) is 5.75 Å². The summed E-state index contributed by atoms with van der Waals surface area (Å²) < 4.78 is 5.74. The number of rotatable bonds is 4. The van der Waals surface area contributed by atoms with Crippen molar-refractivity contribution in [2.45, 2.75) is 32.2 Å². The van der Waals surface area contributed by atoms with Crippen molar-refractivity contribution in [1.82, 2.24) is 0 Å². The Hall–Kier alpha value is -1.22. The van der Waals surface area contributed by atoms with E-state index in [0.717, 1.165) is 44.7 Å². The third-order valence-electron chi connectivity index (χ3n) is 3.15. The molecule has 1 aliphatic heterocycles. The first-order chi connectivity index (χ1) is 8.31. The van der Waals surface area contributed by atoms with Gasteiger partial charge in [0.15, 0.2) is 0 Å². The molecular formula is C14H22N2O. The van der Waals surface area contributed by atoms with E-state index in [1.54, 1.807) is 0 Å². The van der Waals surface area contributed by atoms with Crippen LogP contribution in [0.3, 0.4) is 0 Å². The quantitative estimate of drug-likeness (QED) is 0.869. The van der Waals surface area contributed by atoms with Crippen LogP contribution in [0.1, 0.15) is 26.2 Å². The minimum absolute atomic E-state index is 0.256. The predicted molar refractivity (Wildman–Crippen MR) is 71.7 cm³/mol. The van der Waals surface area contributed by atoms with Crippen LogP contribution in [-0.2, 0) is 0 Å². The van der Waals surface area contributed by atoms with Crippen molar-refractivity contribution in [1.29, 1.82) is 0 Å². The Morgan fingerprint density at radius 2 is 2.24 bits per heavy atom. The molecule has 3 nitrogen and oxygen atoms in total. The van der Waals surface area contributed by atoms with Crippen LogP contribution in [0.25, 0.3) is 0 Å². The third-order valence-corrected chi connectivity index (χ3v) is 3.15. The highest BCUT2D eigenvalue weighted by atomic mass is 16.5. The van der Waals surface area contributed by atoms with E-state index in [-0.39, 0.29) is 6.04 Å². The number of ether oxygens (including phenoxy) is 1. The summed E-state index contributed by atoms with van der Waals surface area (Å²) >= 11 is 0. The number of hydrogen-bond acceptors (Lipinski definition) is 3. The van der Waals surface area contributed by atoms with E-state index in [4.69, 9.17) is 10.5 Å². The fraction of sp³-hybridized carbons (Fsp3) is 0.571. The molecule has 0 radical (unpaired) electrons. The number of nitrogens with two attached hydrogens (primary N) is 1. The largest absolute Gasteiger partial charge is 0.491 e. The summed E-state index contributed by atoms with van der Waals surface area (Å²) in [5.74, 6) is 0.994. The summed E-state index contributed by atoms with van der Waals surface area (Å²) in [6.45, 7) is 4.94. The first kappa shape index (κ1) is 12.2. The summed E-state index contributed by atoms with van der Waals surface area (Å²) in [6.07, 6.45) is 3.29. The standard InChI is InChI=1S/C14H22N2O/c1-2-6-12(15)11-16-9-5-10-17-14-8-4-3-7-13(14)16/h3-4,7-8,12H,2,5-6,9-11,15H2,1H3. The van der Waals surface area contributed by atoms with Crippen LogP contribution in [0.15, 0.2) is 24.3 Å². The Morgan fingerprint density at radius 1 is 1.41 bits per heavy atom. The van der Waals surface area contributed by atoms with Crippen LogP contribution < -0.4 is 15.4 Å². The molecule has 17 heavy (non-hydrogen) atoms. The van der Waals surface area contributed by atoms with Gasteiger partial charge in [-0.3, -0.25) is 0 Å². The highest BCUT2D eigenvalue weighted by Crippen LogP contribution is 2.30. The molecular weight excluding hydrogens is 212 g/mol. The average molecular weight is 234 g/mol. The van der Waals surface area contributed by atoms with Crippen LogP contribution in [0.2, 0.25) is 0 Å². The van der Waals surface area contributed by atoms with Crippen LogP contribution in [-0.4, -0.2) is 25.7 Å². The lowest BCUT2D eigenvalue weighted by atomic mass is 10.1. The van der Waals surface area contributed by atoms with Crippen molar-refractivity contribution < 1.29 is 4.74 Å². The minimum Gasteiger partial charge on any atom is -0.491 e. The van der Waals surface area contributed by atoms with Gasteiger partial charge in [0.2, 0.25) is 0 Å². The molecule has 1 heterocycles. The van der Waals surface area contributed by atoms with Crippen LogP contribution in [0.4, 0.5) is 5.69 Å². The smallest absolute Gasteiger partial charge is 0.142 e. The highest BCUT2D eigenvalue weighted by molar-refractivity contribution is 5.59. The lowest BCUT2D eigenvalue weighted by Gasteiger charge is -2.26. The van der Waals surface area contributed by atoms with Crippen molar-refractivity contribution in [3.05, 3.63) is 24.3 Å². The second-order valence-electron chi connectivity index (χ2n) is 4.66. The Balaban J connectivity index is 2.11. The molecule has 2 N–H and O–H groups in total. The predicted octanol–water partition coefficient (Wildman–Crippen LogP) is 2.40. The zero-order valence-corrected chi connectivity index (χ0v) is 10.6. The van der Waals surface area contributed by atoms with E-state index in [0.29, 0.717) is 0 Å². The van der Waals surface area contributed by atoms with Gasteiger partial charge in [0.1, 0.15) is 5.75 Å². The van der Waals surface area contributed by atoms with Gasteiger partial charge < -0.3 is 15.4 Å². The molecule has 0 saturated carbocycles. The van der Waals surface area contributed by atoms with Crippen LogP contribution in [0, 0.1) is 0 Å². The van der Waals surface area contributed by atoms with E-state index in [2.05, 4.69) is 24.0 Å². The summed E-state index contributed by atoms with van der Waals surface area (Å²) in [5, 5.41) is 0. The van der Waals surface area contributed by atoms with Crippen LogP contribution >= 0.6 is 0 Å². The highest BCUT2D eigenvalue weighted by Gasteiger charge is 2.17. The maximum absolute atomic E-state index is 6.14. The molecule has 0 bridgehead atoms. The molecule has 2 rings (SSSR count). The van der Waals surface area contributed by atoms with E-state index in [1.165, 1.54) is 5.69 Å². The molecule has 0 aliphatic carbocycles. The molecule has 1 unspecified atom stereocenters. The summed E-state index contributed by atoms with van der Waals surface area (Å²) in [6, 6.07) is 8.50. The normalized spacial score (nSPS) is 16.9. The monoisotopic (exact) mass is 234 g/mol. The first-order valence-corrected chi connectivity index (χ1v) is 6.53. The molecule has 0 aromatic heterocycles. The second-order valence-corrected chi connectivity index (χ2v) is 4.66. The van der Waals surface area contributed by atoms with Gasteiger partial charge >= 0.3 is 0 Å². The van der Waals surface area contributed by atoms with Crippen molar-refractivity contribution >= 4 is 5.69 Å². The fourth-order valence-corrected chi connectivity index (χ4v) is 2.33. The molecule has 0 spiro atoms. The second kappa shape index (κ2) is 5.92. The van der Waals surface area contributed by atoms with E-state index >= 15 is 0 Å². The number of hydrogen-bond donors (Lipinski definition) is 1. The minimum atomic E-state index is 0.256. The molecule has 0 amide bonds. The number of fused-ring (bicyclic) bond motifs is 1. The van der Waals surface area contributed by atoms with Crippen molar-refractivity contribution in [3.63, 3.8) is 0 Å².